The number of nitrogens with zero attached hydrogens (tertiary/aromatic N) is 3. The lowest BCUT2D eigenvalue weighted by atomic mass is 10.1. The van der Waals surface area contributed by atoms with Crippen molar-refractivity contribution in [2.24, 2.45) is 0 Å². The normalized spacial score (nSPS) is 15.5. The van der Waals surface area contributed by atoms with E-state index in [-0.39, 0.29) is 6.61 Å². The Morgan fingerprint density at radius 1 is 1.20 bits per heavy atom. The largest absolute Gasteiger partial charge is 0.491 e. The van der Waals surface area contributed by atoms with Gasteiger partial charge in [0.15, 0.2) is 0 Å². The Morgan fingerprint density at radius 2 is 1.96 bits per heavy atom. The summed E-state index contributed by atoms with van der Waals surface area (Å²) in [6, 6.07) is 6.07. The van der Waals surface area contributed by atoms with Crippen LogP contribution < -0.4 is 9.47 Å². The third-order valence-corrected chi connectivity index (χ3v) is 4.34. The van der Waals surface area contributed by atoms with Crippen molar-refractivity contribution in [2.45, 2.75) is 32.9 Å². The quantitative estimate of drug-likeness (QED) is 0.864. The summed E-state index contributed by atoms with van der Waals surface area (Å²) in [6.45, 7) is 6.43. The van der Waals surface area contributed by atoms with Gasteiger partial charge in [-0.3, -0.25) is 4.90 Å². The lowest BCUT2D eigenvalue weighted by Gasteiger charge is -2.30. The monoisotopic (exact) mass is 343 g/mol. The van der Waals surface area contributed by atoms with Crippen LogP contribution >= 0.6 is 0 Å². The van der Waals surface area contributed by atoms with E-state index in [0.29, 0.717) is 19.0 Å². The highest BCUT2D eigenvalue weighted by Gasteiger charge is 2.23. The first-order valence-electron chi connectivity index (χ1n) is 8.53. The molecule has 1 aromatic carbocycles. The molecule has 6 heteroatoms. The first kappa shape index (κ1) is 17.6. The number of aryl methyl sites for hydroxylation is 2. The van der Waals surface area contributed by atoms with Crippen LogP contribution in [0.4, 0.5) is 0 Å². The first-order chi connectivity index (χ1) is 12.0. The molecule has 2 aromatic rings. The van der Waals surface area contributed by atoms with Gasteiger partial charge in [-0.25, -0.2) is 9.97 Å². The summed E-state index contributed by atoms with van der Waals surface area (Å²) in [5.74, 6) is 1.42. The number of aliphatic hydroxyl groups is 1. The molecule has 25 heavy (non-hydrogen) atoms. The highest BCUT2D eigenvalue weighted by atomic mass is 16.5. The second-order valence-corrected chi connectivity index (χ2v) is 6.58. The van der Waals surface area contributed by atoms with E-state index in [4.69, 9.17) is 9.47 Å². The summed E-state index contributed by atoms with van der Waals surface area (Å²) in [5.41, 5.74) is 4.36. The molecule has 1 atom stereocenters. The predicted octanol–water partition coefficient (Wildman–Crippen LogP) is 1.90. The Kier molecular flexibility index (Phi) is 5.50. The molecule has 2 heterocycles. The van der Waals surface area contributed by atoms with Gasteiger partial charge in [0.05, 0.1) is 12.8 Å². The first-order valence-corrected chi connectivity index (χ1v) is 8.53. The topological polar surface area (TPSA) is 67.7 Å². The summed E-state index contributed by atoms with van der Waals surface area (Å²) in [7, 11) is 1.62. The number of rotatable bonds is 6. The second-order valence-electron chi connectivity index (χ2n) is 6.58. The summed E-state index contributed by atoms with van der Waals surface area (Å²) in [5, 5.41) is 10.3. The average Bonchev–Trinajstić information content (AvgIpc) is 2.58. The Balaban J connectivity index is 1.56. The van der Waals surface area contributed by atoms with Crippen molar-refractivity contribution in [3.63, 3.8) is 0 Å². The number of aromatic nitrogens is 2. The van der Waals surface area contributed by atoms with E-state index in [1.165, 1.54) is 0 Å². The van der Waals surface area contributed by atoms with Crippen molar-refractivity contribution in [3.05, 3.63) is 46.9 Å². The van der Waals surface area contributed by atoms with Crippen LogP contribution in [0.2, 0.25) is 0 Å². The molecule has 0 radical (unpaired) electrons. The van der Waals surface area contributed by atoms with E-state index in [9.17, 15) is 5.11 Å². The molecule has 0 fully saturated rings. The fourth-order valence-electron chi connectivity index (χ4n) is 3.26. The highest BCUT2D eigenvalue weighted by molar-refractivity contribution is 5.33. The molecule has 0 amide bonds. The highest BCUT2D eigenvalue weighted by Crippen LogP contribution is 2.24. The van der Waals surface area contributed by atoms with Gasteiger partial charge >= 0.3 is 0 Å². The fraction of sp³-hybridized carbons (Fsp3) is 0.474. The van der Waals surface area contributed by atoms with Crippen molar-refractivity contribution in [3.8, 4) is 11.6 Å². The minimum Gasteiger partial charge on any atom is -0.491 e. The number of ether oxygens (including phenoxy) is 2. The number of aliphatic hydroxyl groups excluding tert-OH is 1. The standard InChI is InChI=1S/C19H25N3O3/c1-13-6-14(2)8-16(7-13)25-11-15(23)9-22-5-4-18-17(10-22)19(24-3)21-12-20-18/h6-8,12,15,23H,4-5,9-11H2,1-3H3/t15-/m1/s1. The Hall–Kier alpha value is -2.18. The molecule has 0 saturated carbocycles. The van der Waals surface area contributed by atoms with Crippen LogP contribution in [0.25, 0.3) is 0 Å². The van der Waals surface area contributed by atoms with E-state index in [0.717, 1.165) is 41.1 Å². The molecule has 0 spiro atoms. The zero-order valence-electron chi connectivity index (χ0n) is 15.0. The molecule has 0 saturated heterocycles. The summed E-state index contributed by atoms with van der Waals surface area (Å²) in [6.07, 6.45) is 1.82. The van der Waals surface area contributed by atoms with Gasteiger partial charge in [0.25, 0.3) is 0 Å². The van der Waals surface area contributed by atoms with Crippen LogP contribution in [0, 0.1) is 13.8 Å². The summed E-state index contributed by atoms with van der Waals surface area (Å²) >= 11 is 0. The SMILES string of the molecule is COc1ncnc2c1CN(C[C@@H](O)COc1cc(C)cc(C)c1)CC2. The lowest BCUT2D eigenvalue weighted by Crippen LogP contribution is -2.39. The molecule has 1 aliphatic rings. The predicted molar refractivity (Wildman–Crippen MR) is 95.0 cm³/mol. The Morgan fingerprint density at radius 3 is 2.68 bits per heavy atom. The number of hydrogen-bond acceptors (Lipinski definition) is 6. The second kappa shape index (κ2) is 7.80. The van der Waals surface area contributed by atoms with Gasteiger partial charge < -0.3 is 14.6 Å². The zero-order valence-corrected chi connectivity index (χ0v) is 15.0. The van der Waals surface area contributed by atoms with Gasteiger partial charge in [-0.2, -0.15) is 0 Å². The Labute approximate surface area is 148 Å². The maximum absolute atomic E-state index is 10.3. The minimum atomic E-state index is -0.557. The number of methoxy groups -OCH3 is 1. The van der Waals surface area contributed by atoms with E-state index in [1.54, 1.807) is 13.4 Å². The zero-order chi connectivity index (χ0) is 17.8. The Bertz CT molecular complexity index is 701. The number of hydrogen-bond donors (Lipinski definition) is 1. The van der Waals surface area contributed by atoms with Crippen molar-refractivity contribution in [1.82, 2.24) is 14.9 Å². The van der Waals surface area contributed by atoms with Crippen LogP contribution in [-0.4, -0.2) is 52.9 Å². The minimum absolute atomic E-state index is 0.272. The van der Waals surface area contributed by atoms with Gasteiger partial charge in [0.2, 0.25) is 5.88 Å². The molecule has 0 aliphatic carbocycles. The van der Waals surface area contributed by atoms with E-state index >= 15 is 0 Å². The molecule has 0 unspecified atom stereocenters. The smallest absolute Gasteiger partial charge is 0.220 e. The summed E-state index contributed by atoms with van der Waals surface area (Å²) in [4.78, 5) is 10.7. The summed E-state index contributed by atoms with van der Waals surface area (Å²) < 4.78 is 11.1. The maximum Gasteiger partial charge on any atom is 0.220 e. The van der Waals surface area contributed by atoms with Crippen LogP contribution in [0.15, 0.2) is 24.5 Å². The molecule has 134 valence electrons. The molecule has 6 nitrogen and oxygen atoms in total. The number of fused-ring (bicyclic) bond motifs is 1. The van der Waals surface area contributed by atoms with Gasteiger partial charge in [-0.15, -0.1) is 0 Å². The van der Waals surface area contributed by atoms with Crippen molar-refractivity contribution in [2.75, 3.05) is 26.8 Å². The number of β-amino-alcohol motifs (C(OH)–C–C–N with tert-alkyl or cyclic N) is 1. The van der Waals surface area contributed by atoms with Crippen molar-refractivity contribution in [1.29, 1.82) is 0 Å². The molecule has 3 rings (SSSR count). The van der Waals surface area contributed by atoms with Crippen LogP contribution in [0.5, 0.6) is 11.6 Å². The fourth-order valence-corrected chi connectivity index (χ4v) is 3.26. The van der Waals surface area contributed by atoms with Crippen LogP contribution in [0.3, 0.4) is 0 Å². The van der Waals surface area contributed by atoms with Gasteiger partial charge in [-0.05, 0) is 37.1 Å². The van der Waals surface area contributed by atoms with Gasteiger partial charge in [0.1, 0.15) is 24.8 Å². The third-order valence-electron chi connectivity index (χ3n) is 4.34. The number of benzene rings is 1. The molecular weight excluding hydrogens is 318 g/mol. The molecular formula is C19H25N3O3. The average molecular weight is 343 g/mol. The third kappa shape index (κ3) is 4.46. The van der Waals surface area contributed by atoms with E-state index in [1.807, 2.05) is 26.0 Å². The van der Waals surface area contributed by atoms with Crippen LogP contribution in [0.1, 0.15) is 22.4 Å². The molecule has 0 bridgehead atoms. The van der Waals surface area contributed by atoms with E-state index < -0.39 is 6.10 Å². The molecule has 1 aromatic heterocycles. The van der Waals surface area contributed by atoms with Crippen LogP contribution in [-0.2, 0) is 13.0 Å². The van der Waals surface area contributed by atoms with E-state index in [2.05, 4.69) is 20.9 Å². The molecule has 1 N–H and O–H groups in total. The van der Waals surface area contributed by atoms with Gasteiger partial charge in [0, 0.05) is 31.6 Å². The molecule has 1 aliphatic heterocycles. The van der Waals surface area contributed by atoms with Crippen molar-refractivity contribution >= 4 is 0 Å². The van der Waals surface area contributed by atoms with Crippen molar-refractivity contribution < 1.29 is 14.6 Å². The van der Waals surface area contributed by atoms with Gasteiger partial charge in [-0.1, -0.05) is 6.07 Å². The lowest BCUT2D eigenvalue weighted by molar-refractivity contribution is 0.0630. The maximum atomic E-state index is 10.3.